The van der Waals surface area contributed by atoms with Crippen LogP contribution in [0, 0.1) is 0 Å². The highest BCUT2D eigenvalue weighted by Gasteiger charge is 2.01. The summed E-state index contributed by atoms with van der Waals surface area (Å²) in [6.45, 7) is 1.65. The van der Waals surface area contributed by atoms with Crippen LogP contribution >= 0.6 is 11.3 Å². The first-order chi connectivity index (χ1) is 8.29. The Labute approximate surface area is 105 Å². The van der Waals surface area contributed by atoms with Crippen LogP contribution in [0.2, 0.25) is 0 Å². The highest BCUT2D eigenvalue weighted by atomic mass is 32.1. The molecule has 0 radical (unpaired) electrons. The molecule has 0 saturated carbocycles. The molecule has 2 aromatic rings. The average Bonchev–Trinajstić information content (AvgIpc) is 2.84. The molecular weight excluding hydrogens is 232 g/mol. The Bertz CT molecular complexity index is 468. The fourth-order valence-corrected chi connectivity index (χ4v) is 2.27. The second kappa shape index (κ2) is 5.70. The lowest BCUT2D eigenvalue weighted by atomic mass is 10.1. The maximum Gasteiger partial charge on any atom is 0.120 e. The molecule has 1 aromatic heterocycles. The first-order valence-electron chi connectivity index (χ1n) is 5.45. The molecule has 4 heteroatoms. The van der Waals surface area contributed by atoms with Gasteiger partial charge in [0.1, 0.15) is 5.75 Å². The molecule has 2 rings (SSSR count). The number of benzene rings is 1. The van der Waals surface area contributed by atoms with E-state index in [4.69, 9.17) is 10.5 Å². The summed E-state index contributed by atoms with van der Waals surface area (Å²) in [5.41, 5.74) is 7.81. The minimum atomic E-state index is 0.767. The number of rotatable bonds is 5. The Balaban J connectivity index is 1.90. The predicted octanol–water partition coefficient (Wildman–Crippen LogP) is 2.63. The van der Waals surface area contributed by atoms with Gasteiger partial charge in [0.15, 0.2) is 0 Å². The Hall–Kier alpha value is -1.52. The van der Waals surface area contributed by atoms with Crippen LogP contribution in [0.15, 0.2) is 35.7 Å². The number of hydrogen-bond acceptors (Lipinski definition) is 4. The lowest BCUT2D eigenvalue weighted by Gasteiger charge is -2.08. The van der Waals surface area contributed by atoms with Gasteiger partial charge in [-0.3, -0.25) is 0 Å². The van der Waals surface area contributed by atoms with Crippen LogP contribution in [0.1, 0.15) is 10.4 Å². The maximum absolute atomic E-state index is 5.94. The van der Waals surface area contributed by atoms with Gasteiger partial charge in [-0.25, -0.2) is 0 Å². The first-order valence-corrected chi connectivity index (χ1v) is 6.33. The molecule has 0 spiro atoms. The summed E-state index contributed by atoms with van der Waals surface area (Å²) < 4.78 is 5.11. The minimum absolute atomic E-state index is 0.767. The van der Waals surface area contributed by atoms with E-state index in [1.807, 2.05) is 18.2 Å². The molecule has 0 bridgehead atoms. The average molecular weight is 248 g/mol. The van der Waals surface area contributed by atoms with Gasteiger partial charge in [0.2, 0.25) is 0 Å². The van der Waals surface area contributed by atoms with Crippen LogP contribution in [0.5, 0.6) is 5.75 Å². The Kier molecular flexibility index (Phi) is 4.01. The molecule has 0 saturated heterocycles. The lowest BCUT2D eigenvalue weighted by molar-refractivity contribution is 0.415. The molecule has 90 valence electrons. The molecule has 0 amide bonds. The van der Waals surface area contributed by atoms with Crippen LogP contribution in [-0.4, -0.2) is 7.11 Å². The summed E-state index contributed by atoms with van der Waals surface area (Å²) in [5.74, 6) is 0.796. The summed E-state index contributed by atoms with van der Waals surface area (Å²) in [6, 6.07) is 9.95. The lowest BCUT2D eigenvalue weighted by Crippen LogP contribution is -2.13. The van der Waals surface area contributed by atoms with E-state index in [9.17, 15) is 0 Å². The van der Waals surface area contributed by atoms with Gasteiger partial charge < -0.3 is 15.8 Å². The monoisotopic (exact) mass is 248 g/mol. The van der Waals surface area contributed by atoms with Gasteiger partial charge in [-0.1, -0.05) is 12.1 Å². The van der Waals surface area contributed by atoms with Crippen molar-refractivity contribution >= 4 is 17.0 Å². The molecule has 0 aliphatic carbocycles. The topological polar surface area (TPSA) is 47.3 Å². The largest absolute Gasteiger partial charge is 0.497 e. The number of anilines is 1. The van der Waals surface area contributed by atoms with Crippen molar-refractivity contribution in [2.45, 2.75) is 13.1 Å². The van der Waals surface area contributed by atoms with Crippen molar-refractivity contribution in [1.82, 2.24) is 5.32 Å². The van der Waals surface area contributed by atoms with Crippen LogP contribution < -0.4 is 15.8 Å². The number of nitrogens with one attached hydrogen (secondary N) is 1. The summed E-state index contributed by atoms with van der Waals surface area (Å²) in [6.07, 6.45) is 0. The Morgan fingerprint density at radius 3 is 2.82 bits per heavy atom. The van der Waals surface area contributed by atoms with E-state index < -0.39 is 0 Å². The molecule has 1 aromatic carbocycles. The number of nitrogens with two attached hydrogens (primary N) is 1. The number of ether oxygens (including phenoxy) is 1. The molecule has 3 nitrogen and oxygen atoms in total. The van der Waals surface area contributed by atoms with Crippen molar-refractivity contribution in [1.29, 1.82) is 0 Å². The minimum Gasteiger partial charge on any atom is -0.497 e. The molecule has 0 aliphatic rings. The third-order valence-electron chi connectivity index (χ3n) is 2.55. The van der Waals surface area contributed by atoms with E-state index in [2.05, 4.69) is 22.8 Å². The molecule has 0 atom stereocenters. The molecule has 0 fully saturated rings. The van der Waals surface area contributed by atoms with E-state index in [0.717, 1.165) is 30.1 Å². The van der Waals surface area contributed by atoms with Crippen molar-refractivity contribution in [2.75, 3.05) is 12.8 Å². The fraction of sp³-hybridized carbons (Fsp3) is 0.231. The van der Waals surface area contributed by atoms with Crippen molar-refractivity contribution < 1.29 is 4.74 Å². The van der Waals surface area contributed by atoms with Crippen molar-refractivity contribution in [2.24, 2.45) is 0 Å². The number of thiophene rings is 1. The zero-order valence-electron chi connectivity index (χ0n) is 9.77. The number of hydrogen-bond donors (Lipinski definition) is 2. The van der Waals surface area contributed by atoms with Crippen LogP contribution in [0.3, 0.4) is 0 Å². The van der Waals surface area contributed by atoms with Gasteiger partial charge in [-0.2, -0.15) is 0 Å². The van der Waals surface area contributed by atoms with Crippen LogP contribution in [0.25, 0.3) is 0 Å². The van der Waals surface area contributed by atoms with Crippen LogP contribution in [0.4, 0.5) is 5.69 Å². The van der Waals surface area contributed by atoms with Crippen molar-refractivity contribution in [3.8, 4) is 5.75 Å². The van der Waals surface area contributed by atoms with Crippen molar-refractivity contribution in [3.05, 3.63) is 46.2 Å². The Morgan fingerprint density at radius 2 is 2.18 bits per heavy atom. The zero-order valence-corrected chi connectivity index (χ0v) is 10.6. The molecule has 17 heavy (non-hydrogen) atoms. The summed E-state index contributed by atoms with van der Waals surface area (Å²) in [5, 5.41) is 5.45. The zero-order chi connectivity index (χ0) is 12.1. The number of nitrogen functional groups attached to an aromatic ring is 1. The molecule has 1 heterocycles. The van der Waals surface area contributed by atoms with E-state index in [1.165, 1.54) is 4.88 Å². The molecule has 0 aliphatic heterocycles. The highest BCUT2D eigenvalue weighted by Crippen LogP contribution is 2.19. The van der Waals surface area contributed by atoms with Gasteiger partial charge in [0, 0.05) is 29.7 Å². The third-order valence-corrected chi connectivity index (χ3v) is 3.42. The maximum atomic E-state index is 5.94. The van der Waals surface area contributed by atoms with E-state index >= 15 is 0 Å². The van der Waals surface area contributed by atoms with E-state index in [1.54, 1.807) is 18.4 Å². The number of methoxy groups -OCH3 is 1. The summed E-state index contributed by atoms with van der Waals surface area (Å²) >= 11 is 1.75. The van der Waals surface area contributed by atoms with Gasteiger partial charge in [0.05, 0.1) is 7.11 Å². The quantitative estimate of drug-likeness (QED) is 0.800. The third kappa shape index (κ3) is 3.22. The van der Waals surface area contributed by atoms with Crippen molar-refractivity contribution in [3.63, 3.8) is 0 Å². The smallest absolute Gasteiger partial charge is 0.120 e. The summed E-state index contributed by atoms with van der Waals surface area (Å²) in [4.78, 5) is 1.33. The van der Waals surface area contributed by atoms with Gasteiger partial charge >= 0.3 is 0 Å². The standard InChI is InChI=1S/C13H16N2OS/c1-16-11-5-4-10(13(14)7-11)8-15-9-12-3-2-6-17-12/h2-7,15H,8-9,14H2,1H3. The first kappa shape index (κ1) is 12.0. The van der Waals surface area contributed by atoms with E-state index in [-0.39, 0.29) is 0 Å². The molecule has 3 N–H and O–H groups in total. The van der Waals surface area contributed by atoms with Gasteiger partial charge in [-0.15, -0.1) is 11.3 Å². The normalized spacial score (nSPS) is 10.4. The second-order valence-corrected chi connectivity index (χ2v) is 4.78. The highest BCUT2D eigenvalue weighted by molar-refractivity contribution is 7.09. The summed E-state index contributed by atoms with van der Waals surface area (Å²) in [7, 11) is 1.64. The van der Waals surface area contributed by atoms with E-state index in [0.29, 0.717) is 0 Å². The Morgan fingerprint density at radius 1 is 1.29 bits per heavy atom. The molecular formula is C13H16N2OS. The van der Waals surface area contributed by atoms with Gasteiger partial charge in [-0.05, 0) is 23.1 Å². The van der Waals surface area contributed by atoms with Gasteiger partial charge in [0.25, 0.3) is 0 Å². The second-order valence-electron chi connectivity index (χ2n) is 3.75. The molecule has 0 unspecified atom stereocenters. The SMILES string of the molecule is COc1ccc(CNCc2cccs2)c(N)c1. The predicted molar refractivity (Wildman–Crippen MR) is 72.3 cm³/mol. The van der Waals surface area contributed by atoms with Crippen LogP contribution in [-0.2, 0) is 13.1 Å². The fourth-order valence-electron chi connectivity index (χ4n) is 1.59.